The smallest absolute Gasteiger partial charge is 0.162 e. The first-order chi connectivity index (χ1) is 7.22. The second kappa shape index (κ2) is 3.67. The first kappa shape index (κ1) is 9.62. The van der Waals surface area contributed by atoms with Gasteiger partial charge in [-0.2, -0.15) is 16.6 Å². The van der Waals surface area contributed by atoms with Crippen molar-refractivity contribution in [2.24, 2.45) is 0 Å². The van der Waals surface area contributed by atoms with Crippen molar-refractivity contribution in [3.05, 3.63) is 28.1 Å². The highest BCUT2D eigenvalue weighted by atomic mass is 32.1. The van der Waals surface area contributed by atoms with Crippen molar-refractivity contribution in [3.63, 3.8) is 0 Å². The minimum Gasteiger partial charge on any atom is -0.382 e. The van der Waals surface area contributed by atoms with Crippen molar-refractivity contribution in [2.45, 2.75) is 6.92 Å². The molecule has 2 N–H and O–H groups in total. The van der Waals surface area contributed by atoms with Crippen LogP contribution in [0.1, 0.15) is 11.3 Å². The molecule has 2 aromatic heterocycles. The Hall–Kier alpha value is -1.93. The number of hydrogen-bond acceptors (Lipinski definition) is 5. The topological polar surface area (TPSA) is 75.6 Å². The van der Waals surface area contributed by atoms with Crippen molar-refractivity contribution in [3.8, 4) is 17.5 Å². The van der Waals surface area contributed by atoms with Gasteiger partial charge in [0.2, 0.25) is 0 Å². The average molecular weight is 216 g/mol. The summed E-state index contributed by atoms with van der Waals surface area (Å²) in [5.41, 5.74) is 7.57. The quantitative estimate of drug-likeness (QED) is 0.790. The summed E-state index contributed by atoms with van der Waals surface area (Å²) in [6.45, 7) is 1.76. The maximum atomic E-state index is 8.81. The average Bonchev–Trinajstić information content (AvgIpc) is 2.69. The molecule has 5 heteroatoms. The lowest BCUT2D eigenvalue weighted by Gasteiger charge is -2.03. The zero-order valence-electron chi connectivity index (χ0n) is 8.06. The van der Waals surface area contributed by atoms with Crippen LogP contribution in [-0.4, -0.2) is 9.97 Å². The molecule has 0 aliphatic carbocycles. The summed E-state index contributed by atoms with van der Waals surface area (Å²) < 4.78 is 0. The van der Waals surface area contributed by atoms with Crippen molar-refractivity contribution >= 4 is 17.2 Å². The van der Waals surface area contributed by atoms with Crippen molar-refractivity contribution in [1.82, 2.24) is 9.97 Å². The summed E-state index contributed by atoms with van der Waals surface area (Å²) in [4.78, 5) is 8.34. The number of anilines is 1. The molecular weight excluding hydrogens is 208 g/mol. The van der Waals surface area contributed by atoms with Crippen LogP contribution in [0.15, 0.2) is 16.8 Å². The van der Waals surface area contributed by atoms with E-state index in [4.69, 9.17) is 11.0 Å². The number of rotatable bonds is 1. The molecule has 2 aromatic rings. The molecule has 0 spiro atoms. The van der Waals surface area contributed by atoms with E-state index in [9.17, 15) is 0 Å². The molecule has 0 amide bonds. The molecule has 0 aliphatic heterocycles. The van der Waals surface area contributed by atoms with Gasteiger partial charge < -0.3 is 5.73 Å². The second-order valence-corrected chi connectivity index (χ2v) is 3.80. The Balaban J connectivity index is 2.59. The molecule has 0 unspecified atom stereocenters. The SMILES string of the molecule is Cc1nc(-c2ccsc2)nc(N)c1C#N. The Morgan fingerprint density at radius 1 is 1.47 bits per heavy atom. The van der Waals surface area contributed by atoms with E-state index in [-0.39, 0.29) is 5.82 Å². The molecule has 2 heterocycles. The number of nitrogens with two attached hydrogens (primary N) is 1. The minimum atomic E-state index is 0.242. The Morgan fingerprint density at radius 2 is 2.27 bits per heavy atom. The molecule has 0 aliphatic rings. The van der Waals surface area contributed by atoms with E-state index in [2.05, 4.69) is 9.97 Å². The number of aromatic nitrogens is 2. The van der Waals surface area contributed by atoms with Crippen LogP contribution in [-0.2, 0) is 0 Å². The van der Waals surface area contributed by atoms with E-state index < -0.39 is 0 Å². The monoisotopic (exact) mass is 216 g/mol. The van der Waals surface area contributed by atoms with E-state index >= 15 is 0 Å². The molecule has 15 heavy (non-hydrogen) atoms. The van der Waals surface area contributed by atoms with Crippen LogP contribution in [0, 0.1) is 18.3 Å². The summed E-state index contributed by atoms with van der Waals surface area (Å²) in [7, 11) is 0. The van der Waals surface area contributed by atoms with Crippen LogP contribution >= 0.6 is 11.3 Å². The summed E-state index contributed by atoms with van der Waals surface area (Å²) in [5.74, 6) is 0.816. The second-order valence-electron chi connectivity index (χ2n) is 3.02. The number of nitrogens with zero attached hydrogens (tertiary/aromatic N) is 3. The summed E-state index contributed by atoms with van der Waals surface area (Å²) in [6.07, 6.45) is 0. The Morgan fingerprint density at radius 3 is 2.80 bits per heavy atom. The first-order valence-corrected chi connectivity index (χ1v) is 5.23. The zero-order valence-corrected chi connectivity index (χ0v) is 8.88. The fraction of sp³-hybridized carbons (Fsp3) is 0.100. The van der Waals surface area contributed by atoms with E-state index in [0.29, 0.717) is 17.1 Å². The van der Waals surface area contributed by atoms with Gasteiger partial charge in [0.25, 0.3) is 0 Å². The molecular formula is C10H8N4S. The highest BCUT2D eigenvalue weighted by Crippen LogP contribution is 2.21. The van der Waals surface area contributed by atoms with Crippen molar-refractivity contribution in [1.29, 1.82) is 5.26 Å². The van der Waals surface area contributed by atoms with Crippen LogP contribution in [0.25, 0.3) is 11.4 Å². The third-order valence-corrected chi connectivity index (χ3v) is 2.69. The van der Waals surface area contributed by atoms with Crippen LogP contribution in [0.3, 0.4) is 0 Å². The third-order valence-electron chi connectivity index (χ3n) is 2.01. The van der Waals surface area contributed by atoms with Gasteiger partial charge in [-0.15, -0.1) is 0 Å². The molecule has 0 radical (unpaired) electrons. The van der Waals surface area contributed by atoms with Crippen molar-refractivity contribution < 1.29 is 0 Å². The van der Waals surface area contributed by atoms with Crippen molar-refractivity contribution in [2.75, 3.05) is 5.73 Å². The zero-order chi connectivity index (χ0) is 10.8. The normalized spacial score (nSPS) is 9.87. The molecule has 0 saturated heterocycles. The van der Waals surface area contributed by atoms with E-state index in [1.807, 2.05) is 22.9 Å². The summed E-state index contributed by atoms with van der Waals surface area (Å²) in [5, 5.41) is 12.7. The van der Waals surface area contributed by atoms with Crippen LogP contribution in [0.4, 0.5) is 5.82 Å². The molecule has 0 fully saturated rings. The molecule has 0 saturated carbocycles. The Bertz CT molecular complexity index is 502. The van der Waals surface area contributed by atoms with E-state index in [1.54, 1.807) is 18.3 Å². The number of thiophene rings is 1. The van der Waals surface area contributed by atoms with Gasteiger partial charge >= 0.3 is 0 Å². The van der Waals surface area contributed by atoms with Gasteiger partial charge in [0.1, 0.15) is 17.5 Å². The van der Waals surface area contributed by atoms with Gasteiger partial charge in [0, 0.05) is 10.9 Å². The maximum absolute atomic E-state index is 8.81. The van der Waals surface area contributed by atoms with Crippen LogP contribution in [0.2, 0.25) is 0 Å². The maximum Gasteiger partial charge on any atom is 0.162 e. The van der Waals surface area contributed by atoms with Gasteiger partial charge in [-0.25, -0.2) is 9.97 Å². The van der Waals surface area contributed by atoms with E-state index in [0.717, 1.165) is 5.56 Å². The summed E-state index contributed by atoms with van der Waals surface area (Å²) >= 11 is 1.57. The first-order valence-electron chi connectivity index (χ1n) is 4.29. The number of hydrogen-bond donors (Lipinski definition) is 1. The lowest BCUT2D eigenvalue weighted by Crippen LogP contribution is -2.02. The Labute approximate surface area is 91.0 Å². The van der Waals surface area contributed by atoms with E-state index in [1.165, 1.54) is 0 Å². The van der Waals surface area contributed by atoms with Gasteiger partial charge in [0.15, 0.2) is 5.82 Å². The lowest BCUT2D eigenvalue weighted by molar-refractivity contribution is 1.10. The molecule has 2 rings (SSSR count). The standard InChI is InChI=1S/C10H8N4S/c1-6-8(4-11)9(12)14-10(13-6)7-2-3-15-5-7/h2-3,5H,1H3,(H2,12,13,14). The fourth-order valence-corrected chi connectivity index (χ4v) is 1.89. The predicted octanol–water partition coefficient (Wildman–Crippen LogP) is 1.97. The molecule has 4 nitrogen and oxygen atoms in total. The third kappa shape index (κ3) is 1.67. The number of nitriles is 1. The summed E-state index contributed by atoms with van der Waals surface area (Å²) in [6, 6.07) is 3.91. The van der Waals surface area contributed by atoms with Crippen LogP contribution < -0.4 is 5.73 Å². The molecule has 74 valence electrons. The highest BCUT2D eigenvalue weighted by molar-refractivity contribution is 7.08. The van der Waals surface area contributed by atoms with Gasteiger partial charge in [-0.05, 0) is 18.4 Å². The number of nitrogen functional groups attached to an aromatic ring is 1. The highest BCUT2D eigenvalue weighted by Gasteiger charge is 2.09. The number of aryl methyl sites for hydroxylation is 1. The van der Waals surface area contributed by atoms with Gasteiger partial charge in [-0.3, -0.25) is 0 Å². The Kier molecular flexibility index (Phi) is 2.35. The lowest BCUT2D eigenvalue weighted by atomic mass is 10.2. The predicted molar refractivity (Wildman–Crippen MR) is 59.2 cm³/mol. The van der Waals surface area contributed by atoms with Crippen LogP contribution in [0.5, 0.6) is 0 Å². The minimum absolute atomic E-state index is 0.242. The fourth-order valence-electron chi connectivity index (χ4n) is 1.25. The van der Waals surface area contributed by atoms with Gasteiger partial charge in [-0.1, -0.05) is 0 Å². The largest absolute Gasteiger partial charge is 0.382 e. The molecule has 0 aromatic carbocycles. The van der Waals surface area contributed by atoms with Gasteiger partial charge in [0.05, 0.1) is 5.69 Å². The molecule has 0 bridgehead atoms. The molecule has 0 atom stereocenters.